The molecule has 6 aromatic rings. The highest BCUT2D eigenvalue weighted by atomic mass is 32.1. The zero-order valence-electron chi connectivity index (χ0n) is 16.4. The van der Waals surface area contributed by atoms with E-state index in [1.807, 2.05) is 47.8 Å². The van der Waals surface area contributed by atoms with Gasteiger partial charge < -0.3 is 0 Å². The van der Waals surface area contributed by atoms with E-state index in [-0.39, 0.29) is 5.56 Å². The maximum Gasteiger partial charge on any atom is 0.276 e. The van der Waals surface area contributed by atoms with Gasteiger partial charge in [-0.15, -0.1) is 11.3 Å². The van der Waals surface area contributed by atoms with E-state index in [1.165, 1.54) is 0 Å². The highest BCUT2D eigenvalue weighted by Gasteiger charge is 2.14. The van der Waals surface area contributed by atoms with Crippen LogP contribution >= 0.6 is 11.3 Å². The topological polar surface area (TPSA) is 76.5 Å². The van der Waals surface area contributed by atoms with Crippen molar-refractivity contribution in [1.82, 2.24) is 25.0 Å². The monoisotopic (exact) mass is 423 g/mol. The minimum Gasteiger partial charge on any atom is -0.278 e. The van der Waals surface area contributed by atoms with Crippen LogP contribution in [0.2, 0.25) is 0 Å². The second-order valence-electron chi connectivity index (χ2n) is 7.48. The van der Waals surface area contributed by atoms with Gasteiger partial charge in [-0.25, -0.2) is 4.68 Å². The smallest absolute Gasteiger partial charge is 0.276 e. The number of hydrogen-bond acceptors (Lipinski definition) is 5. The van der Waals surface area contributed by atoms with Gasteiger partial charge in [0.2, 0.25) is 0 Å². The van der Waals surface area contributed by atoms with Crippen molar-refractivity contribution in [2.45, 2.75) is 13.0 Å². The summed E-state index contributed by atoms with van der Waals surface area (Å²) in [6.07, 6.45) is 4.22. The van der Waals surface area contributed by atoms with Crippen LogP contribution < -0.4 is 5.56 Å². The average molecular weight is 424 g/mol. The van der Waals surface area contributed by atoms with Crippen molar-refractivity contribution in [2.24, 2.45) is 0 Å². The molecule has 0 unspecified atom stereocenters. The molecule has 0 fully saturated rings. The number of aromatic nitrogens is 5. The molecule has 0 bridgehead atoms. The van der Waals surface area contributed by atoms with Gasteiger partial charge in [0.05, 0.1) is 40.1 Å². The van der Waals surface area contributed by atoms with Crippen LogP contribution in [0.25, 0.3) is 43.0 Å². The van der Waals surface area contributed by atoms with Gasteiger partial charge in [-0.05, 0) is 29.8 Å². The minimum atomic E-state index is -0.0678. The Labute approximate surface area is 180 Å². The summed E-state index contributed by atoms with van der Waals surface area (Å²) >= 11 is 1.54. The average Bonchev–Trinajstić information content (AvgIpc) is 3.45. The zero-order valence-corrected chi connectivity index (χ0v) is 17.3. The van der Waals surface area contributed by atoms with Crippen LogP contribution in [0.5, 0.6) is 0 Å². The summed E-state index contributed by atoms with van der Waals surface area (Å²) in [5.74, 6) is 0. The van der Waals surface area contributed by atoms with Gasteiger partial charge in [0, 0.05) is 33.8 Å². The van der Waals surface area contributed by atoms with E-state index in [2.05, 4.69) is 27.4 Å². The lowest BCUT2D eigenvalue weighted by Crippen LogP contribution is -2.23. The number of pyridine rings is 1. The van der Waals surface area contributed by atoms with E-state index >= 15 is 0 Å². The molecule has 0 aliphatic carbocycles. The molecule has 2 aromatic carbocycles. The van der Waals surface area contributed by atoms with Crippen LogP contribution in [-0.4, -0.2) is 25.0 Å². The van der Waals surface area contributed by atoms with Gasteiger partial charge >= 0.3 is 0 Å². The number of nitrogens with zero attached hydrogens (tertiary/aromatic N) is 4. The Balaban J connectivity index is 1.36. The van der Waals surface area contributed by atoms with Crippen molar-refractivity contribution in [3.63, 3.8) is 0 Å². The van der Waals surface area contributed by atoms with E-state index in [0.29, 0.717) is 18.4 Å². The van der Waals surface area contributed by atoms with Gasteiger partial charge in [0.15, 0.2) is 0 Å². The van der Waals surface area contributed by atoms with Crippen molar-refractivity contribution < 1.29 is 0 Å². The third kappa shape index (κ3) is 3.10. The quantitative estimate of drug-likeness (QED) is 0.442. The first-order valence-electron chi connectivity index (χ1n) is 10.0. The molecule has 0 aliphatic rings. The van der Waals surface area contributed by atoms with Gasteiger partial charge in [-0.3, -0.25) is 14.9 Å². The van der Waals surface area contributed by atoms with Crippen LogP contribution in [0, 0.1) is 0 Å². The summed E-state index contributed by atoms with van der Waals surface area (Å²) in [7, 11) is 0. The van der Waals surface area contributed by atoms with Crippen LogP contribution in [0.3, 0.4) is 0 Å². The number of H-pyrrole nitrogens is 1. The second-order valence-corrected chi connectivity index (χ2v) is 8.39. The number of rotatable bonds is 4. The van der Waals surface area contributed by atoms with Gasteiger partial charge in [-0.2, -0.15) is 10.2 Å². The fourth-order valence-corrected chi connectivity index (χ4v) is 4.86. The Bertz CT molecular complexity index is 1630. The molecule has 4 aromatic heterocycles. The van der Waals surface area contributed by atoms with E-state index in [4.69, 9.17) is 4.98 Å². The number of aromatic amines is 1. The van der Waals surface area contributed by atoms with Gasteiger partial charge in [0.1, 0.15) is 0 Å². The number of aryl methyl sites for hydroxylation is 2. The molecular weight excluding hydrogens is 406 g/mol. The first-order valence-corrected chi connectivity index (χ1v) is 10.9. The fraction of sp³-hybridized carbons (Fsp3) is 0.0833. The van der Waals surface area contributed by atoms with E-state index < -0.39 is 0 Å². The molecule has 0 atom stereocenters. The maximum absolute atomic E-state index is 13.3. The Morgan fingerprint density at radius 2 is 1.94 bits per heavy atom. The molecule has 6 nitrogen and oxygen atoms in total. The molecule has 0 spiro atoms. The maximum atomic E-state index is 13.3. The summed E-state index contributed by atoms with van der Waals surface area (Å²) in [6, 6.07) is 18.2. The molecule has 0 amide bonds. The van der Waals surface area contributed by atoms with Gasteiger partial charge in [-0.1, -0.05) is 30.3 Å². The lowest BCUT2D eigenvalue weighted by Gasteiger charge is -2.07. The van der Waals surface area contributed by atoms with E-state index in [9.17, 15) is 4.79 Å². The Morgan fingerprint density at radius 1 is 1.00 bits per heavy atom. The van der Waals surface area contributed by atoms with E-state index in [0.717, 1.165) is 43.3 Å². The van der Waals surface area contributed by atoms with Crippen molar-refractivity contribution >= 4 is 43.2 Å². The number of fused-ring (bicyclic) bond motifs is 3. The molecule has 6 rings (SSSR count). The molecule has 0 aliphatic heterocycles. The summed E-state index contributed by atoms with van der Waals surface area (Å²) in [4.78, 5) is 18.0. The minimum absolute atomic E-state index is 0.0678. The van der Waals surface area contributed by atoms with Crippen molar-refractivity contribution in [3.05, 3.63) is 88.4 Å². The van der Waals surface area contributed by atoms with Crippen LogP contribution in [0.4, 0.5) is 0 Å². The van der Waals surface area contributed by atoms with Crippen molar-refractivity contribution in [3.8, 4) is 11.1 Å². The van der Waals surface area contributed by atoms with Crippen LogP contribution in [0.15, 0.2) is 77.2 Å². The highest BCUT2D eigenvalue weighted by molar-refractivity contribution is 7.17. The highest BCUT2D eigenvalue weighted by Crippen LogP contribution is 2.32. The van der Waals surface area contributed by atoms with Crippen molar-refractivity contribution in [2.75, 3.05) is 0 Å². The number of thiophene rings is 1. The zero-order chi connectivity index (χ0) is 20.8. The molecule has 150 valence electrons. The SMILES string of the molecule is O=c1c2c(-c3ccc4[nH]ncc4c3)csc2cnn1CCc1ccc2ccccc2n1. The molecule has 0 saturated heterocycles. The molecule has 0 saturated carbocycles. The molecule has 7 heteroatoms. The third-order valence-electron chi connectivity index (χ3n) is 5.57. The standard InChI is InChI=1S/C24H17N5OS/c30-24-23-19(16-6-8-21-17(11-16)12-25-28-21)14-31-22(23)13-26-29(24)10-9-18-7-5-15-3-1-2-4-20(15)27-18/h1-8,11-14H,9-10H2,(H,25,28). The largest absolute Gasteiger partial charge is 0.278 e. The normalized spacial score (nSPS) is 11.6. The lowest BCUT2D eigenvalue weighted by molar-refractivity contribution is 0.580. The first-order chi connectivity index (χ1) is 15.3. The fourth-order valence-electron chi connectivity index (χ4n) is 3.94. The first kappa shape index (κ1) is 18.0. The number of para-hydroxylation sites is 1. The lowest BCUT2D eigenvalue weighted by atomic mass is 10.0. The molecule has 31 heavy (non-hydrogen) atoms. The second kappa shape index (κ2) is 7.14. The van der Waals surface area contributed by atoms with E-state index in [1.54, 1.807) is 28.4 Å². The van der Waals surface area contributed by atoms with Crippen LogP contribution in [0.1, 0.15) is 5.69 Å². The molecule has 0 radical (unpaired) electrons. The Kier molecular flexibility index (Phi) is 4.14. The number of hydrogen-bond donors (Lipinski definition) is 1. The summed E-state index contributed by atoms with van der Waals surface area (Å²) < 4.78 is 2.44. The predicted octanol–water partition coefficient (Wildman–Crippen LogP) is 4.79. The molecule has 4 heterocycles. The number of nitrogens with one attached hydrogen (secondary N) is 1. The predicted molar refractivity (Wildman–Crippen MR) is 124 cm³/mol. The summed E-state index contributed by atoms with van der Waals surface area (Å²) in [5.41, 5.74) is 4.76. The van der Waals surface area contributed by atoms with Gasteiger partial charge in [0.25, 0.3) is 5.56 Å². The summed E-state index contributed by atoms with van der Waals surface area (Å²) in [5, 5.41) is 16.3. The van der Waals surface area contributed by atoms with Crippen molar-refractivity contribution in [1.29, 1.82) is 0 Å². The third-order valence-corrected chi connectivity index (χ3v) is 6.49. The molecule has 1 N–H and O–H groups in total. The Hall–Kier alpha value is -3.84. The van der Waals surface area contributed by atoms with Crippen LogP contribution in [-0.2, 0) is 13.0 Å². The summed E-state index contributed by atoms with van der Waals surface area (Å²) in [6.45, 7) is 0.482. The molecular formula is C24H17N5OS. The number of benzene rings is 2. The Morgan fingerprint density at radius 3 is 2.90 bits per heavy atom.